The lowest BCUT2D eigenvalue weighted by Crippen LogP contribution is -2.10. The van der Waals surface area contributed by atoms with Crippen LogP contribution in [0, 0.1) is 5.92 Å². The minimum absolute atomic E-state index is 0.0998. The SMILES string of the molecule is COC1C=CC(CO)C=C1. The van der Waals surface area contributed by atoms with Gasteiger partial charge in [0.2, 0.25) is 0 Å². The predicted molar refractivity (Wildman–Crippen MR) is 39.7 cm³/mol. The monoisotopic (exact) mass is 140 g/mol. The molecule has 1 aliphatic carbocycles. The molecule has 0 aromatic rings. The Bertz CT molecular complexity index is 119. The summed E-state index contributed by atoms with van der Waals surface area (Å²) < 4.78 is 5.03. The van der Waals surface area contributed by atoms with Crippen LogP contribution in [0.25, 0.3) is 0 Å². The van der Waals surface area contributed by atoms with Crippen LogP contribution in [-0.2, 0) is 4.74 Å². The van der Waals surface area contributed by atoms with Gasteiger partial charge in [-0.3, -0.25) is 0 Å². The Morgan fingerprint density at radius 2 is 1.90 bits per heavy atom. The molecule has 0 spiro atoms. The second-order valence-electron chi connectivity index (χ2n) is 2.32. The Balaban J connectivity index is 2.45. The third-order valence-electron chi connectivity index (χ3n) is 1.58. The van der Waals surface area contributed by atoms with E-state index in [9.17, 15) is 0 Å². The predicted octanol–water partition coefficient (Wildman–Crippen LogP) is 0.736. The molecule has 10 heavy (non-hydrogen) atoms. The maximum absolute atomic E-state index is 8.71. The second kappa shape index (κ2) is 3.54. The third-order valence-corrected chi connectivity index (χ3v) is 1.58. The summed E-state index contributed by atoms with van der Waals surface area (Å²) in [5, 5.41) is 8.71. The van der Waals surface area contributed by atoms with Crippen LogP contribution in [0.1, 0.15) is 0 Å². The minimum atomic E-state index is 0.0998. The molecule has 0 aliphatic heterocycles. The molecule has 0 aromatic heterocycles. The Morgan fingerprint density at radius 1 is 1.30 bits per heavy atom. The van der Waals surface area contributed by atoms with E-state index in [-0.39, 0.29) is 18.6 Å². The minimum Gasteiger partial charge on any atom is -0.395 e. The van der Waals surface area contributed by atoms with Crippen molar-refractivity contribution in [1.82, 2.24) is 0 Å². The van der Waals surface area contributed by atoms with Crippen LogP contribution in [0.5, 0.6) is 0 Å². The first kappa shape index (κ1) is 7.51. The fourth-order valence-corrected chi connectivity index (χ4v) is 0.912. The lowest BCUT2D eigenvalue weighted by molar-refractivity contribution is 0.173. The number of aliphatic hydroxyl groups is 1. The highest BCUT2D eigenvalue weighted by atomic mass is 16.5. The van der Waals surface area contributed by atoms with Crippen molar-refractivity contribution in [2.24, 2.45) is 5.92 Å². The zero-order valence-corrected chi connectivity index (χ0v) is 6.03. The fraction of sp³-hybridized carbons (Fsp3) is 0.500. The number of ether oxygens (including phenoxy) is 1. The molecule has 2 heteroatoms. The van der Waals surface area contributed by atoms with E-state index in [1.165, 1.54) is 0 Å². The van der Waals surface area contributed by atoms with Gasteiger partial charge in [0.1, 0.15) is 0 Å². The number of rotatable bonds is 2. The number of aliphatic hydroxyl groups excluding tert-OH is 1. The highest BCUT2D eigenvalue weighted by molar-refractivity contribution is 5.14. The summed E-state index contributed by atoms with van der Waals surface area (Å²) in [4.78, 5) is 0. The van der Waals surface area contributed by atoms with E-state index in [0.717, 1.165) is 0 Å². The average Bonchev–Trinajstić information content (AvgIpc) is 2.05. The molecule has 0 radical (unpaired) electrons. The fourth-order valence-electron chi connectivity index (χ4n) is 0.912. The summed E-state index contributed by atoms with van der Waals surface area (Å²) >= 11 is 0. The lowest BCUT2D eigenvalue weighted by atomic mass is 10.0. The van der Waals surface area contributed by atoms with Crippen molar-refractivity contribution in [3.63, 3.8) is 0 Å². The quantitative estimate of drug-likeness (QED) is 0.573. The van der Waals surface area contributed by atoms with Gasteiger partial charge in [-0.2, -0.15) is 0 Å². The summed E-state index contributed by atoms with van der Waals surface area (Å²) in [5.74, 6) is 0.186. The number of hydrogen-bond acceptors (Lipinski definition) is 2. The van der Waals surface area contributed by atoms with Gasteiger partial charge in [0.05, 0.1) is 12.7 Å². The molecule has 0 amide bonds. The summed E-state index contributed by atoms with van der Waals surface area (Å²) in [6.45, 7) is 0.184. The van der Waals surface area contributed by atoms with Crippen molar-refractivity contribution in [3.8, 4) is 0 Å². The van der Waals surface area contributed by atoms with E-state index in [4.69, 9.17) is 9.84 Å². The Kier molecular flexibility index (Phi) is 2.66. The van der Waals surface area contributed by atoms with Gasteiger partial charge in [-0.25, -0.2) is 0 Å². The van der Waals surface area contributed by atoms with Crippen LogP contribution in [0.3, 0.4) is 0 Å². The van der Waals surface area contributed by atoms with Crippen LogP contribution in [-0.4, -0.2) is 24.9 Å². The molecule has 0 saturated carbocycles. The molecule has 1 N–H and O–H groups in total. The first-order chi connectivity index (χ1) is 4.86. The third kappa shape index (κ3) is 1.69. The van der Waals surface area contributed by atoms with E-state index in [0.29, 0.717) is 0 Å². The summed E-state index contributed by atoms with van der Waals surface area (Å²) in [6.07, 6.45) is 7.90. The standard InChI is InChI=1S/C8H12O2/c1-10-8-4-2-7(6-9)3-5-8/h2-5,7-9H,6H2,1H3. The van der Waals surface area contributed by atoms with Gasteiger partial charge in [-0.15, -0.1) is 0 Å². The Labute approximate surface area is 60.8 Å². The molecule has 0 heterocycles. The summed E-state index contributed by atoms with van der Waals surface area (Å²) in [7, 11) is 1.67. The first-order valence-electron chi connectivity index (χ1n) is 3.37. The van der Waals surface area contributed by atoms with Gasteiger partial charge in [0.15, 0.2) is 0 Å². The average molecular weight is 140 g/mol. The maximum Gasteiger partial charge on any atom is 0.0934 e. The first-order valence-corrected chi connectivity index (χ1v) is 3.37. The topological polar surface area (TPSA) is 29.5 Å². The molecule has 0 unspecified atom stereocenters. The molecule has 1 rings (SSSR count). The van der Waals surface area contributed by atoms with Gasteiger partial charge < -0.3 is 9.84 Å². The molecule has 0 saturated heterocycles. The van der Waals surface area contributed by atoms with Crippen molar-refractivity contribution in [2.45, 2.75) is 6.10 Å². The summed E-state index contributed by atoms with van der Waals surface area (Å²) in [6, 6.07) is 0. The molecule has 0 aromatic carbocycles. The molecular weight excluding hydrogens is 128 g/mol. The van der Waals surface area contributed by atoms with Gasteiger partial charge in [-0.05, 0) is 0 Å². The van der Waals surface area contributed by atoms with E-state index in [1.807, 2.05) is 24.3 Å². The van der Waals surface area contributed by atoms with E-state index >= 15 is 0 Å². The molecule has 1 aliphatic rings. The highest BCUT2D eigenvalue weighted by Crippen LogP contribution is 2.10. The van der Waals surface area contributed by atoms with Crippen molar-refractivity contribution >= 4 is 0 Å². The van der Waals surface area contributed by atoms with Crippen molar-refractivity contribution < 1.29 is 9.84 Å². The maximum atomic E-state index is 8.71. The van der Waals surface area contributed by atoms with E-state index < -0.39 is 0 Å². The smallest absolute Gasteiger partial charge is 0.0934 e. The zero-order valence-electron chi connectivity index (χ0n) is 6.03. The van der Waals surface area contributed by atoms with Crippen molar-refractivity contribution in [3.05, 3.63) is 24.3 Å². The molecule has 2 nitrogen and oxygen atoms in total. The Hall–Kier alpha value is -0.600. The number of methoxy groups -OCH3 is 1. The van der Waals surface area contributed by atoms with Crippen LogP contribution >= 0.6 is 0 Å². The van der Waals surface area contributed by atoms with Gasteiger partial charge >= 0.3 is 0 Å². The van der Waals surface area contributed by atoms with Crippen molar-refractivity contribution in [1.29, 1.82) is 0 Å². The van der Waals surface area contributed by atoms with Crippen molar-refractivity contribution in [2.75, 3.05) is 13.7 Å². The van der Waals surface area contributed by atoms with Crippen LogP contribution in [0.2, 0.25) is 0 Å². The van der Waals surface area contributed by atoms with Gasteiger partial charge in [0.25, 0.3) is 0 Å². The van der Waals surface area contributed by atoms with Crippen LogP contribution in [0.15, 0.2) is 24.3 Å². The molecule has 56 valence electrons. The molecule has 0 fully saturated rings. The van der Waals surface area contributed by atoms with Gasteiger partial charge in [-0.1, -0.05) is 24.3 Å². The zero-order chi connectivity index (χ0) is 7.40. The lowest BCUT2D eigenvalue weighted by Gasteiger charge is -2.12. The van der Waals surface area contributed by atoms with Gasteiger partial charge in [0, 0.05) is 13.0 Å². The highest BCUT2D eigenvalue weighted by Gasteiger charge is 2.06. The molecule has 0 bridgehead atoms. The van der Waals surface area contributed by atoms with Crippen LogP contribution in [0.4, 0.5) is 0 Å². The van der Waals surface area contributed by atoms with E-state index in [1.54, 1.807) is 7.11 Å². The number of hydrogen-bond donors (Lipinski definition) is 1. The molecule has 0 atom stereocenters. The van der Waals surface area contributed by atoms with E-state index in [2.05, 4.69) is 0 Å². The molecular formula is C8H12O2. The van der Waals surface area contributed by atoms with Crippen LogP contribution < -0.4 is 0 Å². The largest absolute Gasteiger partial charge is 0.395 e. The Morgan fingerprint density at radius 3 is 2.30 bits per heavy atom. The summed E-state index contributed by atoms with van der Waals surface area (Å²) in [5.41, 5.74) is 0. The normalized spacial score (nSPS) is 31.0. The second-order valence-corrected chi connectivity index (χ2v) is 2.32.